The molecular weight excluding hydrogens is 1700 g/mol. The van der Waals surface area contributed by atoms with Gasteiger partial charge in [-0.2, -0.15) is 0 Å². The van der Waals surface area contributed by atoms with E-state index in [0.29, 0.717) is 116 Å². The van der Waals surface area contributed by atoms with E-state index in [1.54, 1.807) is 54.8 Å². The maximum atomic E-state index is 15.6. The molecule has 0 fully saturated rings. The summed E-state index contributed by atoms with van der Waals surface area (Å²) in [5.74, 6) is -6.79. The van der Waals surface area contributed by atoms with E-state index in [0.717, 1.165) is 128 Å². The van der Waals surface area contributed by atoms with Gasteiger partial charge in [0.05, 0.1) is 68.3 Å². The number of carbonyl (C=O) groups excluding carboxylic acids is 2. The number of carbonyl (C=O) groups is 4. The zero-order valence-electron chi connectivity index (χ0n) is 74.8. The highest BCUT2D eigenvalue weighted by molar-refractivity contribution is 6.12. The van der Waals surface area contributed by atoms with E-state index in [2.05, 4.69) is 39.8 Å². The molecule has 12 aromatic rings. The van der Waals surface area contributed by atoms with E-state index in [4.69, 9.17) is 56.8 Å². The second-order valence-electron chi connectivity index (χ2n) is 34.6. The largest absolute Gasteiger partial charge is 0.497 e. The first kappa shape index (κ1) is 91.4. The summed E-state index contributed by atoms with van der Waals surface area (Å²) in [6, 6.07) is 52.9. The first-order valence-electron chi connectivity index (χ1n) is 44.0. The minimum atomic E-state index is -1.56. The Bertz CT molecular complexity index is 6130. The fourth-order valence-corrected chi connectivity index (χ4v) is 19.1. The normalized spacial score (nSPS) is 16.0. The van der Waals surface area contributed by atoms with E-state index in [-0.39, 0.29) is 37.2 Å². The van der Waals surface area contributed by atoms with Gasteiger partial charge in [0.2, 0.25) is 0 Å². The average Bonchev–Trinajstić information content (AvgIpc) is 1.51. The van der Waals surface area contributed by atoms with E-state index in [1.165, 1.54) is 12.1 Å². The van der Waals surface area contributed by atoms with Crippen molar-refractivity contribution in [2.24, 2.45) is 0 Å². The van der Waals surface area contributed by atoms with Gasteiger partial charge in [-0.05, 0) is 213 Å². The molecule has 0 saturated heterocycles. The molecule has 16 rings (SSSR count). The maximum absolute atomic E-state index is 15.6. The molecule has 24 heteroatoms. The van der Waals surface area contributed by atoms with Crippen molar-refractivity contribution < 1.29 is 113 Å². The number of fused-ring (bicyclic) bond motifs is 16. The first-order chi connectivity index (χ1) is 63.6. The molecule has 4 atom stereocenters. The van der Waals surface area contributed by atoms with Crippen LogP contribution in [0.4, 0.5) is 26.3 Å². The molecule has 682 valence electrons. The Morgan fingerprint density at radius 3 is 1.00 bits per heavy atom. The summed E-state index contributed by atoms with van der Waals surface area (Å²) in [6.07, 6.45) is 13.2. The van der Waals surface area contributed by atoms with Crippen molar-refractivity contribution in [2.75, 3.05) is 55.9 Å². The monoisotopic (exact) mass is 1800 g/mol. The second kappa shape index (κ2) is 37.9. The zero-order valence-corrected chi connectivity index (χ0v) is 74.8. The van der Waals surface area contributed by atoms with Crippen LogP contribution >= 0.6 is 0 Å². The van der Waals surface area contributed by atoms with Crippen molar-refractivity contribution in [3.8, 4) is 102 Å². The topological polar surface area (TPSA) is 219 Å². The van der Waals surface area contributed by atoms with E-state index in [1.807, 2.05) is 158 Å². The van der Waals surface area contributed by atoms with Crippen LogP contribution in [-0.4, -0.2) is 102 Å². The van der Waals surface area contributed by atoms with Gasteiger partial charge in [-0.25, -0.2) is 26.3 Å². The summed E-state index contributed by atoms with van der Waals surface area (Å²) >= 11 is 0. The summed E-state index contributed by atoms with van der Waals surface area (Å²) in [6.45, 7) is 8.00. The third-order valence-electron chi connectivity index (χ3n) is 25.9. The zero-order chi connectivity index (χ0) is 93.2. The molecule has 2 N–H and O–H groups in total. The van der Waals surface area contributed by atoms with Crippen LogP contribution in [0.3, 0.4) is 0 Å². The summed E-state index contributed by atoms with van der Waals surface area (Å²) in [7, 11) is 9.41. The summed E-state index contributed by atoms with van der Waals surface area (Å²) in [5.41, 5.74) is 7.83. The molecule has 4 unspecified atom stereocenters. The Balaban J connectivity index is 0.598. The molecule has 132 heavy (non-hydrogen) atoms. The van der Waals surface area contributed by atoms with Crippen molar-refractivity contribution in [3.05, 3.63) is 285 Å². The second-order valence-corrected chi connectivity index (χ2v) is 34.6. The van der Waals surface area contributed by atoms with Gasteiger partial charge in [-0.15, -0.1) is 0 Å². The minimum Gasteiger partial charge on any atom is -0.497 e. The molecule has 2 aliphatic heterocycles. The maximum Gasteiger partial charge on any atom is 0.306 e. The summed E-state index contributed by atoms with van der Waals surface area (Å²) in [4.78, 5) is 49.0. The number of carboxylic acid groups (broad SMARTS) is 2. The van der Waals surface area contributed by atoms with Gasteiger partial charge in [0.25, 0.3) is 0 Å². The smallest absolute Gasteiger partial charge is 0.306 e. The minimum absolute atomic E-state index is 0.0814. The number of benzene rings is 12. The van der Waals surface area contributed by atoms with Gasteiger partial charge < -0.3 is 67.1 Å². The lowest BCUT2D eigenvalue weighted by molar-refractivity contribution is -0.149. The van der Waals surface area contributed by atoms with E-state index >= 15 is 8.78 Å². The number of halogens is 6. The van der Waals surface area contributed by atoms with E-state index < -0.39 is 106 Å². The highest BCUT2D eigenvalue weighted by Gasteiger charge is 2.48. The molecule has 0 aromatic heterocycles. The lowest BCUT2D eigenvalue weighted by Crippen LogP contribution is -2.35. The molecule has 2 heterocycles. The Labute approximate surface area is 760 Å². The van der Waals surface area contributed by atoms with Gasteiger partial charge in [-0.1, -0.05) is 151 Å². The molecule has 12 aromatic carbocycles. The number of ether oxygens (including phenoxy) is 12. The van der Waals surface area contributed by atoms with Crippen LogP contribution in [-0.2, 0) is 50.7 Å². The number of hydrogen-bond donors (Lipinski definition) is 2. The van der Waals surface area contributed by atoms with Gasteiger partial charge >= 0.3 is 23.9 Å². The number of methoxy groups -OCH3 is 6. The van der Waals surface area contributed by atoms with Gasteiger partial charge in [0, 0.05) is 66.1 Å². The van der Waals surface area contributed by atoms with Gasteiger partial charge in [0.15, 0.2) is 69.1 Å². The molecule has 0 saturated carbocycles. The lowest BCUT2D eigenvalue weighted by Gasteiger charge is -2.38. The van der Waals surface area contributed by atoms with Crippen molar-refractivity contribution in [3.63, 3.8) is 0 Å². The number of rotatable bonds is 37. The lowest BCUT2D eigenvalue weighted by atomic mass is 9.76. The fraction of sp³-hybridized carbons (Fsp3) is 0.296. The molecule has 0 radical (unpaired) electrons. The highest BCUT2D eigenvalue weighted by atomic mass is 19.2. The third kappa shape index (κ3) is 17.4. The number of hydrogen-bond acceptors (Lipinski definition) is 16. The van der Waals surface area contributed by atoms with Crippen molar-refractivity contribution in [1.29, 1.82) is 0 Å². The third-order valence-corrected chi connectivity index (χ3v) is 25.9. The summed E-state index contributed by atoms with van der Waals surface area (Å²) < 4.78 is 164. The number of aliphatic carboxylic acids is 2. The fourth-order valence-electron chi connectivity index (χ4n) is 19.1. The highest BCUT2D eigenvalue weighted by Crippen LogP contribution is 2.63. The van der Waals surface area contributed by atoms with Crippen molar-refractivity contribution >= 4 is 57.6 Å². The molecule has 0 spiro atoms. The van der Waals surface area contributed by atoms with Gasteiger partial charge in [-0.3, -0.25) is 19.2 Å². The number of carboxylic acids is 2. The summed E-state index contributed by atoms with van der Waals surface area (Å²) in [5, 5.41) is 21.7. The Morgan fingerprint density at radius 2 is 0.674 bits per heavy atom. The van der Waals surface area contributed by atoms with Crippen molar-refractivity contribution in [1.82, 2.24) is 0 Å². The van der Waals surface area contributed by atoms with Crippen molar-refractivity contribution in [2.45, 2.75) is 152 Å². The standard InChI is InChI=1S/C108H100F6O18/c1-105(2)83-53-61(73-41-43-85(109)101(113)99(73)111)21-39-75(83)95-79-55-87(123-7)89(125-9)57-81(79)103-77(97(95)105)49-51-107(131-103,63-23-31-67(121-5)32-24-63)65-27-35-69(36-28-65)129-71(59-127-93(119)47-45-91(115)116)19-17-15-13-11-12-14-16-18-20-72(60-128-94(120)48-46-92(117)118)130-70-37-29-66(30-38-70)108(64-25-33-68(122-6)34-26-64)52-50-78-98-96(80-56-88(124-8)90(126-10)58-82(80)104(78)132-108)76-40-22-62(54-84(76)106(98,3)4)74-42-44-86(110)102(114)100(74)112/h21-44,49-58,71-72H,11-20,45-48,59-60H2,1-10H3,(H,115,116)(H,117,118). The van der Waals surface area contributed by atoms with Crippen LogP contribution in [0.15, 0.2) is 194 Å². The predicted molar refractivity (Wildman–Crippen MR) is 490 cm³/mol. The van der Waals surface area contributed by atoms with Crippen LogP contribution in [0.1, 0.15) is 173 Å². The van der Waals surface area contributed by atoms with Crippen LogP contribution in [0.25, 0.3) is 78.2 Å². The molecule has 4 aliphatic rings. The molecule has 0 amide bonds. The molecule has 18 nitrogen and oxygen atoms in total. The Hall–Kier alpha value is -13.9. The van der Waals surface area contributed by atoms with Crippen LogP contribution in [0.2, 0.25) is 0 Å². The average molecular weight is 1800 g/mol. The quantitative estimate of drug-likeness (QED) is 0.0160. The van der Waals surface area contributed by atoms with Crippen LogP contribution < -0.4 is 47.4 Å². The SMILES string of the molecule is COc1ccc(C2(c3ccc(OC(CCCCCCCCCCC(COC(=O)CCC(=O)O)Oc4ccc(C5(c6ccc(OC)cc6)C=Cc6c7c(c8cc(OC)c(OC)cc8c6O5)-c5ccc(-c6ccc(F)c(F)c6F)cc5C7(C)C)cc4)COC(=O)CCC(=O)O)cc3)C=Cc3c4c(c5cc(OC)c(OC)cc5c3O2)-c2ccc(-c3ccc(F)c(F)c3F)cc2C4(C)C)cc1. The van der Waals surface area contributed by atoms with Crippen LogP contribution in [0.5, 0.6) is 57.5 Å². The Morgan fingerprint density at radius 1 is 0.356 bits per heavy atom. The first-order valence-corrected chi connectivity index (χ1v) is 44.0. The number of esters is 2. The molecule has 2 aliphatic carbocycles. The van der Waals surface area contributed by atoms with Crippen LogP contribution in [0, 0.1) is 34.9 Å². The molecular formula is C108H100F6O18. The Kier molecular flexibility index (Phi) is 26.2. The predicted octanol–water partition coefficient (Wildman–Crippen LogP) is 24.4. The van der Waals surface area contributed by atoms with Gasteiger partial charge in [0.1, 0.15) is 59.9 Å². The molecule has 0 bridgehead atoms. The number of unbranched alkanes of at least 4 members (excludes halogenated alkanes) is 7. The van der Waals surface area contributed by atoms with E-state index in [9.17, 15) is 47.0 Å².